The smallest absolute Gasteiger partial charge is 0.228 e. The predicted molar refractivity (Wildman–Crippen MR) is 57.9 cm³/mol. The van der Waals surface area contributed by atoms with Crippen LogP contribution in [0.25, 0.3) is 0 Å². The SMILES string of the molecule is CCC1CN(S(=O)(=O)CCl)CCN1C. The van der Waals surface area contributed by atoms with E-state index in [0.717, 1.165) is 13.0 Å². The molecule has 1 heterocycles. The zero-order valence-corrected chi connectivity index (χ0v) is 10.2. The van der Waals surface area contributed by atoms with Gasteiger partial charge >= 0.3 is 0 Å². The molecule has 1 atom stereocenters. The van der Waals surface area contributed by atoms with E-state index >= 15 is 0 Å². The van der Waals surface area contributed by atoms with Gasteiger partial charge in [-0.3, -0.25) is 0 Å². The molecule has 6 heteroatoms. The highest BCUT2D eigenvalue weighted by Gasteiger charge is 2.29. The fraction of sp³-hybridized carbons (Fsp3) is 1.00. The Balaban J connectivity index is 2.68. The highest BCUT2D eigenvalue weighted by molar-refractivity contribution is 7.90. The van der Waals surface area contributed by atoms with Gasteiger partial charge in [-0.05, 0) is 13.5 Å². The Labute approximate surface area is 90.9 Å². The number of hydrogen-bond donors (Lipinski definition) is 0. The number of alkyl halides is 1. The first-order valence-electron chi connectivity index (χ1n) is 4.75. The quantitative estimate of drug-likeness (QED) is 0.676. The Morgan fingerprint density at radius 1 is 1.43 bits per heavy atom. The van der Waals surface area contributed by atoms with Crippen molar-refractivity contribution < 1.29 is 8.42 Å². The summed E-state index contributed by atoms with van der Waals surface area (Å²) in [6.45, 7) is 3.98. The number of sulfonamides is 1. The van der Waals surface area contributed by atoms with E-state index in [2.05, 4.69) is 11.8 Å². The van der Waals surface area contributed by atoms with Crippen LogP contribution in [0.2, 0.25) is 0 Å². The normalized spacial score (nSPS) is 26.6. The molecule has 0 N–H and O–H groups in total. The maximum atomic E-state index is 11.5. The third kappa shape index (κ3) is 2.59. The van der Waals surface area contributed by atoms with Crippen LogP contribution in [0.5, 0.6) is 0 Å². The van der Waals surface area contributed by atoms with E-state index in [0.29, 0.717) is 19.1 Å². The van der Waals surface area contributed by atoms with Crippen molar-refractivity contribution in [1.82, 2.24) is 9.21 Å². The highest BCUT2D eigenvalue weighted by Crippen LogP contribution is 2.14. The van der Waals surface area contributed by atoms with Gasteiger partial charge in [0.15, 0.2) is 0 Å². The van der Waals surface area contributed by atoms with Gasteiger partial charge in [0.25, 0.3) is 0 Å². The summed E-state index contributed by atoms with van der Waals surface area (Å²) in [4.78, 5) is 2.19. The Hall–Kier alpha value is 0.160. The van der Waals surface area contributed by atoms with Crippen LogP contribution in [-0.2, 0) is 10.0 Å². The molecule has 0 amide bonds. The number of rotatable bonds is 3. The maximum absolute atomic E-state index is 11.5. The molecule has 0 radical (unpaired) electrons. The summed E-state index contributed by atoms with van der Waals surface area (Å²) >= 11 is 5.41. The van der Waals surface area contributed by atoms with Gasteiger partial charge in [0.1, 0.15) is 5.21 Å². The van der Waals surface area contributed by atoms with E-state index in [1.807, 2.05) is 7.05 Å². The second kappa shape index (κ2) is 4.79. The summed E-state index contributed by atoms with van der Waals surface area (Å²) in [5.41, 5.74) is 0. The first-order valence-corrected chi connectivity index (χ1v) is 6.89. The molecule has 0 saturated carbocycles. The molecule has 1 unspecified atom stereocenters. The summed E-state index contributed by atoms with van der Waals surface area (Å²) in [5.74, 6) is 0. The Morgan fingerprint density at radius 2 is 2.07 bits per heavy atom. The lowest BCUT2D eigenvalue weighted by molar-refractivity contribution is 0.144. The zero-order valence-electron chi connectivity index (χ0n) is 8.61. The molecule has 1 rings (SSSR count). The van der Waals surface area contributed by atoms with Crippen molar-refractivity contribution in [3.63, 3.8) is 0 Å². The van der Waals surface area contributed by atoms with Crippen LogP contribution in [0, 0.1) is 0 Å². The highest BCUT2D eigenvalue weighted by atomic mass is 35.5. The van der Waals surface area contributed by atoms with Crippen molar-refractivity contribution in [3.05, 3.63) is 0 Å². The zero-order chi connectivity index (χ0) is 10.8. The topological polar surface area (TPSA) is 40.6 Å². The van der Waals surface area contributed by atoms with Gasteiger partial charge in [0, 0.05) is 25.7 Å². The van der Waals surface area contributed by atoms with Crippen LogP contribution in [0.1, 0.15) is 13.3 Å². The van der Waals surface area contributed by atoms with Crippen LogP contribution in [-0.4, -0.2) is 55.6 Å². The first-order chi connectivity index (χ1) is 6.51. The fourth-order valence-corrected chi connectivity index (χ4v) is 2.99. The summed E-state index contributed by atoms with van der Waals surface area (Å²) in [7, 11) is -1.19. The summed E-state index contributed by atoms with van der Waals surface area (Å²) in [6.07, 6.45) is 0.963. The average molecular weight is 241 g/mol. The van der Waals surface area contributed by atoms with E-state index in [1.165, 1.54) is 4.31 Å². The van der Waals surface area contributed by atoms with Gasteiger partial charge in [-0.15, -0.1) is 11.6 Å². The van der Waals surface area contributed by atoms with E-state index in [-0.39, 0.29) is 5.21 Å². The van der Waals surface area contributed by atoms with Crippen LogP contribution in [0.3, 0.4) is 0 Å². The second-order valence-electron chi connectivity index (χ2n) is 3.62. The summed E-state index contributed by atoms with van der Waals surface area (Å²) in [6, 6.07) is 0.321. The summed E-state index contributed by atoms with van der Waals surface area (Å²) < 4.78 is 24.5. The number of nitrogens with zero attached hydrogens (tertiary/aromatic N) is 2. The van der Waals surface area contributed by atoms with Crippen LogP contribution < -0.4 is 0 Å². The van der Waals surface area contributed by atoms with Gasteiger partial charge < -0.3 is 4.90 Å². The molecule has 4 nitrogen and oxygen atoms in total. The molecule has 14 heavy (non-hydrogen) atoms. The Morgan fingerprint density at radius 3 is 2.57 bits per heavy atom. The predicted octanol–water partition coefficient (Wildman–Crippen LogP) is 0.539. The molecule has 0 bridgehead atoms. The van der Waals surface area contributed by atoms with E-state index in [1.54, 1.807) is 0 Å². The molecule has 0 spiro atoms. The van der Waals surface area contributed by atoms with Crippen LogP contribution >= 0.6 is 11.6 Å². The largest absolute Gasteiger partial charge is 0.301 e. The third-order valence-electron chi connectivity index (χ3n) is 2.74. The molecular weight excluding hydrogens is 224 g/mol. The van der Waals surface area contributed by atoms with Crippen molar-refractivity contribution in [1.29, 1.82) is 0 Å². The number of hydrogen-bond acceptors (Lipinski definition) is 3. The van der Waals surface area contributed by atoms with Gasteiger partial charge in [-0.25, -0.2) is 8.42 Å². The molecular formula is C8H17ClN2O2S. The second-order valence-corrected chi connectivity index (χ2v) is 6.17. The molecule has 1 fully saturated rings. The molecule has 1 aliphatic heterocycles. The molecule has 0 aromatic heterocycles. The minimum absolute atomic E-state index is 0.312. The fourth-order valence-electron chi connectivity index (χ4n) is 1.68. The standard InChI is InChI=1S/C8H17ClN2O2S/c1-3-8-6-11(5-4-10(8)2)14(12,13)7-9/h8H,3-7H2,1-2H3. The molecule has 0 aromatic rings. The lowest BCUT2D eigenvalue weighted by Gasteiger charge is -2.37. The minimum atomic E-state index is -3.22. The average Bonchev–Trinajstić information content (AvgIpc) is 2.18. The molecule has 0 aromatic carbocycles. The Kier molecular flexibility index (Phi) is 4.18. The monoisotopic (exact) mass is 240 g/mol. The third-order valence-corrected chi connectivity index (χ3v) is 4.96. The lowest BCUT2D eigenvalue weighted by atomic mass is 10.1. The number of likely N-dealkylation sites (N-methyl/N-ethyl adjacent to an activating group) is 1. The molecule has 1 saturated heterocycles. The number of piperazine rings is 1. The van der Waals surface area contributed by atoms with Crippen molar-refractivity contribution in [2.24, 2.45) is 0 Å². The van der Waals surface area contributed by atoms with E-state index in [9.17, 15) is 8.42 Å². The summed E-state index contributed by atoms with van der Waals surface area (Å²) in [5, 5.41) is -0.312. The number of halogens is 1. The van der Waals surface area contributed by atoms with E-state index < -0.39 is 10.0 Å². The minimum Gasteiger partial charge on any atom is -0.301 e. The van der Waals surface area contributed by atoms with Crippen molar-refractivity contribution >= 4 is 21.6 Å². The van der Waals surface area contributed by atoms with Gasteiger partial charge in [-0.1, -0.05) is 6.92 Å². The molecule has 84 valence electrons. The van der Waals surface area contributed by atoms with E-state index in [4.69, 9.17) is 11.6 Å². The first kappa shape index (κ1) is 12.2. The van der Waals surface area contributed by atoms with Crippen LogP contribution in [0.4, 0.5) is 0 Å². The van der Waals surface area contributed by atoms with Gasteiger partial charge in [0.05, 0.1) is 0 Å². The lowest BCUT2D eigenvalue weighted by Crippen LogP contribution is -2.53. The van der Waals surface area contributed by atoms with Crippen LogP contribution in [0.15, 0.2) is 0 Å². The van der Waals surface area contributed by atoms with Gasteiger partial charge in [0.2, 0.25) is 10.0 Å². The van der Waals surface area contributed by atoms with Crippen molar-refractivity contribution in [2.75, 3.05) is 31.9 Å². The Bertz CT molecular complexity index is 281. The van der Waals surface area contributed by atoms with Crippen molar-refractivity contribution in [2.45, 2.75) is 19.4 Å². The maximum Gasteiger partial charge on any atom is 0.228 e. The molecule has 0 aliphatic carbocycles. The van der Waals surface area contributed by atoms with Crippen molar-refractivity contribution in [3.8, 4) is 0 Å². The van der Waals surface area contributed by atoms with Gasteiger partial charge in [-0.2, -0.15) is 4.31 Å². The molecule has 1 aliphatic rings.